The van der Waals surface area contributed by atoms with E-state index in [4.69, 9.17) is 9.47 Å². The van der Waals surface area contributed by atoms with E-state index in [-0.39, 0.29) is 5.91 Å². The average Bonchev–Trinajstić information content (AvgIpc) is 2.73. The Morgan fingerprint density at radius 1 is 1.18 bits per heavy atom. The van der Waals surface area contributed by atoms with Crippen LogP contribution in [0.3, 0.4) is 0 Å². The minimum Gasteiger partial charge on any atom is -0.494 e. The Balaban J connectivity index is 1.44. The topological polar surface area (TPSA) is 50.8 Å². The number of anilines is 1. The highest BCUT2D eigenvalue weighted by Crippen LogP contribution is 2.35. The molecule has 1 aromatic rings. The van der Waals surface area contributed by atoms with E-state index in [1.165, 1.54) is 38.8 Å². The van der Waals surface area contributed by atoms with Gasteiger partial charge in [-0.25, -0.2) is 0 Å². The van der Waals surface area contributed by atoms with E-state index in [2.05, 4.69) is 17.1 Å². The third-order valence-electron chi connectivity index (χ3n) is 6.21. The van der Waals surface area contributed by atoms with Gasteiger partial charge in [0, 0.05) is 19.3 Å². The highest BCUT2D eigenvalue weighted by atomic mass is 16.5. The number of methoxy groups -OCH3 is 1. The molecule has 5 nitrogen and oxygen atoms in total. The highest BCUT2D eigenvalue weighted by Gasteiger charge is 2.41. The molecule has 1 aliphatic carbocycles. The minimum absolute atomic E-state index is 0.0308. The summed E-state index contributed by atoms with van der Waals surface area (Å²) in [5.74, 6) is 1.33. The van der Waals surface area contributed by atoms with Gasteiger partial charge in [-0.05, 0) is 81.8 Å². The van der Waals surface area contributed by atoms with E-state index in [0.717, 1.165) is 50.3 Å². The molecule has 0 spiro atoms. The fourth-order valence-electron chi connectivity index (χ4n) is 4.53. The standard InChI is InChI=1S/C23H36N2O3/c1-19-8-6-13-23(18-19,27-2)22(26)24-20-9-11-21(12-10-20)28-17-7-16-25-14-4-3-5-15-25/h9-12,19H,3-8,13-18H2,1-2H3,(H,24,26)/t19-,23-/m0/s1. The Kier molecular flexibility index (Phi) is 7.74. The van der Waals surface area contributed by atoms with Crippen LogP contribution in [-0.4, -0.2) is 49.8 Å². The molecule has 1 aliphatic heterocycles. The van der Waals surface area contributed by atoms with Gasteiger partial charge in [-0.15, -0.1) is 0 Å². The molecule has 2 fully saturated rings. The zero-order valence-electron chi connectivity index (χ0n) is 17.5. The molecule has 156 valence electrons. The molecular weight excluding hydrogens is 352 g/mol. The van der Waals surface area contributed by atoms with Gasteiger partial charge in [0.1, 0.15) is 11.4 Å². The molecule has 28 heavy (non-hydrogen) atoms. The van der Waals surface area contributed by atoms with E-state index in [1.54, 1.807) is 7.11 Å². The molecule has 0 aromatic heterocycles. The number of nitrogens with zero attached hydrogens (tertiary/aromatic N) is 1. The van der Waals surface area contributed by atoms with E-state index < -0.39 is 5.60 Å². The predicted molar refractivity (Wildman–Crippen MR) is 113 cm³/mol. The van der Waals surface area contributed by atoms with Crippen LogP contribution in [0.25, 0.3) is 0 Å². The fraction of sp³-hybridized carbons (Fsp3) is 0.696. The van der Waals surface area contributed by atoms with Gasteiger partial charge in [-0.3, -0.25) is 4.79 Å². The van der Waals surface area contributed by atoms with Crippen molar-refractivity contribution in [1.82, 2.24) is 4.90 Å². The van der Waals surface area contributed by atoms with E-state index in [1.807, 2.05) is 24.3 Å². The zero-order valence-corrected chi connectivity index (χ0v) is 17.5. The van der Waals surface area contributed by atoms with E-state index >= 15 is 0 Å². The van der Waals surface area contributed by atoms with Crippen molar-refractivity contribution >= 4 is 11.6 Å². The van der Waals surface area contributed by atoms with Crippen molar-refractivity contribution in [2.45, 2.75) is 63.9 Å². The Morgan fingerprint density at radius 2 is 1.93 bits per heavy atom. The van der Waals surface area contributed by atoms with Gasteiger partial charge in [0.15, 0.2) is 0 Å². The third kappa shape index (κ3) is 5.71. The molecule has 0 radical (unpaired) electrons. The first-order valence-corrected chi connectivity index (χ1v) is 10.9. The van der Waals surface area contributed by atoms with Gasteiger partial charge in [0.05, 0.1) is 6.61 Å². The van der Waals surface area contributed by atoms with Crippen molar-refractivity contribution in [3.8, 4) is 5.75 Å². The lowest BCUT2D eigenvalue weighted by Gasteiger charge is -2.37. The van der Waals surface area contributed by atoms with Crippen LogP contribution in [-0.2, 0) is 9.53 Å². The number of hydrogen-bond donors (Lipinski definition) is 1. The van der Waals surface area contributed by atoms with Gasteiger partial charge < -0.3 is 19.7 Å². The van der Waals surface area contributed by atoms with Crippen molar-refractivity contribution in [3.63, 3.8) is 0 Å². The van der Waals surface area contributed by atoms with Crippen LogP contribution < -0.4 is 10.1 Å². The molecule has 1 aromatic carbocycles. The Bertz CT molecular complexity index is 613. The Hall–Kier alpha value is -1.59. The lowest BCUT2D eigenvalue weighted by atomic mass is 9.78. The van der Waals surface area contributed by atoms with Crippen LogP contribution in [0.1, 0.15) is 58.3 Å². The molecule has 3 rings (SSSR count). The second-order valence-electron chi connectivity index (χ2n) is 8.48. The summed E-state index contributed by atoms with van der Waals surface area (Å²) in [6.45, 7) is 6.50. The van der Waals surface area contributed by atoms with E-state index in [0.29, 0.717) is 5.92 Å². The first-order chi connectivity index (χ1) is 13.6. The Labute approximate surface area is 169 Å². The summed E-state index contributed by atoms with van der Waals surface area (Å²) >= 11 is 0. The van der Waals surface area contributed by atoms with Gasteiger partial charge in [0.25, 0.3) is 5.91 Å². The highest BCUT2D eigenvalue weighted by molar-refractivity contribution is 5.97. The van der Waals surface area contributed by atoms with Gasteiger partial charge in [-0.2, -0.15) is 0 Å². The average molecular weight is 389 g/mol. The summed E-state index contributed by atoms with van der Waals surface area (Å²) in [6.07, 6.45) is 8.86. The largest absolute Gasteiger partial charge is 0.494 e. The maximum absolute atomic E-state index is 12.8. The molecule has 1 amide bonds. The number of hydrogen-bond acceptors (Lipinski definition) is 4. The van der Waals surface area contributed by atoms with E-state index in [9.17, 15) is 4.79 Å². The summed E-state index contributed by atoms with van der Waals surface area (Å²) in [5.41, 5.74) is 0.0988. The molecule has 1 saturated carbocycles. The maximum atomic E-state index is 12.8. The predicted octanol–water partition coefficient (Wildman–Crippen LogP) is 4.48. The Morgan fingerprint density at radius 3 is 2.61 bits per heavy atom. The van der Waals surface area contributed by atoms with Gasteiger partial charge in [-0.1, -0.05) is 19.8 Å². The number of likely N-dealkylation sites (tertiary alicyclic amines) is 1. The molecule has 0 bridgehead atoms. The number of carbonyl (C=O) groups excluding carboxylic acids is 1. The second kappa shape index (κ2) is 10.3. The van der Waals surface area contributed by atoms with Crippen LogP contribution in [0.2, 0.25) is 0 Å². The number of piperidine rings is 1. The lowest BCUT2D eigenvalue weighted by molar-refractivity contribution is -0.143. The number of rotatable bonds is 8. The van der Waals surface area contributed by atoms with Crippen LogP contribution >= 0.6 is 0 Å². The molecule has 1 heterocycles. The number of benzene rings is 1. The lowest BCUT2D eigenvalue weighted by Crippen LogP contribution is -2.47. The van der Waals surface area contributed by atoms with Crippen molar-refractivity contribution < 1.29 is 14.3 Å². The van der Waals surface area contributed by atoms with Crippen LogP contribution in [0.15, 0.2) is 24.3 Å². The number of nitrogens with one attached hydrogen (secondary N) is 1. The molecule has 1 N–H and O–H groups in total. The summed E-state index contributed by atoms with van der Waals surface area (Å²) in [6, 6.07) is 7.68. The third-order valence-corrected chi connectivity index (χ3v) is 6.21. The van der Waals surface area contributed by atoms with Crippen molar-refractivity contribution in [1.29, 1.82) is 0 Å². The number of ether oxygens (including phenoxy) is 2. The summed E-state index contributed by atoms with van der Waals surface area (Å²) in [5, 5.41) is 3.04. The van der Waals surface area contributed by atoms with Crippen LogP contribution in [0.4, 0.5) is 5.69 Å². The SMILES string of the molecule is CO[C@@]1(C(=O)Nc2ccc(OCCCN3CCCCC3)cc2)CCC[C@H](C)C1. The molecular formula is C23H36N2O3. The molecule has 2 atom stereocenters. The summed E-state index contributed by atoms with van der Waals surface area (Å²) < 4.78 is 11.5. The van der Waals surface area contributed by atoms with Gasteiger partial charge in [0.2, 0.25) is 0 Å². The first-order valence-electron chi connectivity index (χ1n) is 10.9. The minimum atomic E-state index is -0.693. The second-order valence-corrected chi connectivity index (χ2v) is 8.48. The molecule has 1 saturated heterocycles. The fourth-order valence-corrected chi connectivity index (χ4v) is 4.53. The number of amides is 1. The van der Waals surface area contributed by atoms with Crippen molar-refractivity contribution in [3.05, 3.63) is 24.3 Å². The molecule has 0 unspecified atom stereocenters. The normalized spacial score (nSPS) is 26.0. The summed E-state index contributed by atoms with van der Waals surface area (Å²) in [7, 11) is 1.65. The quantitative estimate of drug-likeness (QED) is 0.667. The summed E-state index contributed by atoms with van der Waals surface area (Å²) in [4.78, 5) is 15.4. The first kappa shape index (κ1) is 21.1. The van der Waals surface area contributed by atoms with Crippen LogP contribution in [0.5, 0.6) is 5.75 Å². The van der Waals surface area contributed by atoms with Crippen molar-refractivity contribution in [2.75, 3.05) is 38.7 Å². The van der Waals surface area contributed by atoms with Crippen LogP contribution in [0, 0.1) is 5.92 Å². The number of carbonyl (C=O) groups is 1. The molecule has 5 heteroatoms. The van der Waals surface area contributed by atoms with Crippen molar-refractivity contribution in [2.24, 2.45) is 5.92 Å². The smallest absolute Gasteiger partial charge is 0.256 e. The maximum Gasteiger partial charge on any atom is 0.256 e. The molecule has 2 aliphatic rings. The zero-order chi connectivity index (χ0) is 19.8. The van der Waals surface area contributed by atoms with Gasteiger partial charge >= 0.3 is 0 Å². The monoisotopic (exact) mass is 388 g/mol.